The Hall–Kier alpha value is -2.91. The number of nitrogens with zero attached hydrogens (tertiary/aromatic N) is 3. The maximum absolute atomic E-state index is 12.8. The summed E-state index contributed by atoms with van der Waals surface area (Å²) in [6, 6.07) is 12.0. The van der Waals surface area contributed by atoms with E-state index in [1.54, 1.807) is 7.05 Å². The molecular formula is C19H19ClN4O4S. The SMILES string of the molecule is Cc1cccc(-c2noc(CN(C)C(=O)c3cc(NS(C)(=O)=O)ccc3Cl)n2)c1. The van der Waals surface area contributed by atoms with Crippen molar-refractivity contribution in [2.75, 3.05) is 18.0 Å². The minimum atomic E-state index is -3.48. The summed E-state index contributed by atoms with van der Waals surface area (Å²) >= 11 is 6.13. The molecule has 29 heavy (non-hydrogen) atoms. The summed E-state index contributed by atoms with van der Waals surface area (Å²) in [5.41, 5.74) is 2.28. The van der Waals surface area contributed by atoms with E-state index >= 15 is 0 Å². The fraction of sp³-hybridized carbons (Fsp3) is 0.211. The topological polar surface area (TPSA) is 105 Å². The molecule has 0 aliphatic rings. The van der Waals surface area contributed by atoms with Crippen LogP contribution in [-0.2, 0) is 16.6 Å². The smallest absolute Gasteiger partial charge is 0.255 e. The monoisotopic (exact) mass is 434 g/mol. The van der Waals surface area contributed by atoms with Crippen molar-refractivity contribution < 1.29 is 17.7 Å². The molecule has 2 aromatic carbocycles. The Morgan fingerprint density at radius 2 is 2.00 bits per heavy atom. The van der Waals surface area contributed by atoms with Gasteiger partial charge in [-0.2, -0.15) is 4.98 Å². The number of carbonyl (C=O) groups is 1. The van der Waals surface area contributed by atoms with Crippen molar-refractivity contribution in [1.82, 2.24) is 15.0 Å². The lowest BCUT2D eigenvalue weighted by atomic mass is 10.1. The molecule has 10 heteroatoms. The zero-order valence-electron chi connectivity index (χ0n) is 16.0. The molecule has 0 saturated heterocycles. The Morgan fingerprint density at radius 1 is 1.24 bits per heavy atom. The normalized spacial score (nSPS) is 11.3. The average Bonchev–Trinajstić information content (AvgIpc) is 3.10. The molecule has 3 rings (SSSR count). The van der Waals surface area contributed by atoms with Gasteiger partial charge in [-0.1, -0.05) is 40.5 Å². The van der Waals surface area contributed by atoms with Gasteiger partial charge in [0.1, 0.15) is 0 Å². The molecule has 0 aliphatic carbocycles. The zero-order chi connectivity index (χ0) is 21.2. The Kier molecular flexibility index (Phi) is 5.90. The van der Waals surface area contributed by atoms with Gasteiger partial charge in [-0.3, -0.25) is 9.52 Å². The first-order valence-corrected chi connectivity index (χ1v) is 10.8. The number of benzene rings is 2. The number of aryl methyl sites for hydroxylation is 1. The summed E-state index contributed by atoms with van der Waals surface area (Å²) in [7, 11) is -1.92. The third-order valence-corrected chi connectivity index (χ3v) is 4.90. The van der Waals surface area contributed by atoms with Gasteiger partial charge in [-0.05, 0) is 31.2 Å². The fourth-order valence-electron chi connectivity index (χ4n) is 2.67. The third-order valence-electron chi connectivity index (χ3n) is 3.96. The van der Waals surface area contributed by atoms with Crippen molar-refractivity contribution >= 4 is 33.2 Å². The highest BCUT2D eigenvalue weighted by Gasteiger charge is 2.19. The Labute approximate surface area is 173 Å². The maximum Gasteiger partial charge on any atom is 0.255 e. The molecule has 0 radical (unpaired) electrons. The molecule has 0 atom stereocenters. The van der Waals surface area contributed by atoms with Crippen LogP contribution >= 0.6 is 11.6 Å². The minimum absolute atomic E-state index is 0.0672. The first-order valence-electron chi connectivity index (χ1n) is 8.55. The molecule has 0 bridgehead atoms. The van der Waals surface area contributed by atoms with Crippen molar-refractivity contribution in [3.05, 3.63) is 64.5 Å². The lowest BCUT2D eigenvalue weighted by Crippen LogP contribution is -2.26. The number of halogens is 1. The number of aromatic nitrogens is 2. The molecule has 0 aliphatic heterocycles. The highest BCUT2D eigenvalue weighted by atomic mass is 35.5. The Bertz CT molecular complexity index is 1160. The molecule has 1 N–H and O–H groups in total. The van der Waals surface area contributed by atoms with Gasteiger partial charge in [0, 0.05) is 18.3 Å². The quantitative estimate of drug-likeness (QED) is 0.637. The van der Waals surface area contributed by atoms with Gasteiger partial charge in [-0.15, -0.1) is 0 Å². The molecule has 0 spiro atoms. The number of sulfonamides is 1. The van der Waals surface area contributed by atoms with Crippen LogP contribution in [0.15, 0.2) is 47.0 Å². The van der Waals surface area contributed by atoms with Gasteiger partial charge < -0.3 is 9.42 Å². The highest BCUT2D eigenvalue weighted by Crippen LogP contribution is 2.23. The number of anilines is 1. The lowest BCUT2D eigenvalue weighted by molar-refractivity contribution is 0.0770. The fourth-order valence-corrected chi connectivity index (χ4v) is 3.42. The molecule has 152 valence electrons. The van der Waals surface area contributed by atoms with Crippen LogP contribution in [-0.4, -0.2) is 42.7 Å². The molecule has 8 nitrogen and oxygen atoms in total. The van der Waals surface area contributed by atoms with Gasteiger partial charge >= 0.3 is 0 Å². The van der Waals surface area contributed by atoms with E-state index in [0.717, 1.165) is 17.4 Å². The molecule has 0 saturated carbocycles. The van der Waals surface area contributed by atoms with E-state index in [4.69, 9.17) is 16.1 Å². The molecule has 1 amide bonds. The summed E-state index contributed by atoms with van der Waals surface area (Å²) in [6.07, 6.45) is 1.02. The Balaban J connectivity index is 1.77. The molecule has 3 aromatic rings. The van der Waals surface area contributed by atoms with Crippen LogP contribution in [0.2, 0.25) is 5.02 Å². The van der Waals surface area contributed by atoms with Crippen molar-refractivity contribution in [2.45, 2.75) is 13.5 Å². The number of carbonyl (C=O) groups excluding carboxylic acids is 1. The predicted octanol–water partition coefficient (Wildman–Crippen LogP) is 3.34. The van der Waals surface area contributed by atoms with Gasteiger partial charge in [0.2, 0.25) is 21.7 Å². The van der Waals surface area contributed by atoms with E-state index in [2.05, 4.69) is 14.9 Å². The molecular weight excluding hydrogens is 416 g/mol. The second-order valence-corrected chi connectivity index (χ2v) is 8.77. The van der Waals surface area contributed by atoms with Gasteiger partial charge in [0.15, 0.2) is 0 Å². The van der Waals surface area contributed by atoms with Crippen LogP contribution in [0.5, 0.6) is 0 Å². The van der Waals surface area contributed by atoms with E-state index in [9.17, 15) is 13.2 Å². The van der Waals surface area contributed by atoms with Crippen molar-refractivity contribution in [2.24, 2.45) is 0 Å². The van der Waals surface area contributed by atoms with Gasteiger partial charge in [0.25, 0.3) is 5.91 Å². The van der Waals surface area contributed by atoms with Crippen LogP contribution in [0, 0.1) is 6.92 Å². The van der Waals surface area contributed by atoms with Crippen molar-refractivity contribution in [3.63, 3.8) is 0 Å². The summed E-state index contributed by atoms with van der Waals surface area (Å²) in [4.78, 5) is 18.5. The van der Waals surface area contributed by atoms with E-state index in [1.807, 2.05) is 31.2 Å². The highest BCUT2D eigenvalue weighted by molar-refractivity contribution is 7.92. The third kappa shape index (κ3) is 5.33. The second-order valence-electron chi connectivity index (χ2n) is 6.61. The first kappa shape index (κ1) is 20.8. The second kappa shape index (κ2) is 8.22. The number of amides is 1. The van der Waals surface area contributed by atoms with Crippen LogP contribution in [0.3, 0.4) is 0 Å². The first-order chi connectivity index (χ1) is 13.6. The van der Waals surface area contributed by atoms with E-state index < -0.39 is 15.9 Å². The van der Waals surface area contributed by atoms with E-state index in [1.165, 1.54) is 23.1 Å². The van der Waals surface area contributed by atoms with Gasteiger partial charge in [0.05, 0.1) is 23.4 Å². The number of rotatable bonds is 6. The van der Waals surface area contributed by atoms with Crippen LogP contribution < -0.4 is 4.72 Å². The van der Waals surface area contributed by atoms with Crippen LogP contribution in [0.4, 0.5) is 5.69 Å². The number of nitrogens with one attached hydrogen (secondary N) is 1. The molecule has 0 unspecified atom stereocenters. The molecule has 1 heterocycles. The molecule has 0 fully saturated rings. The summed E-state index contributed by atoms with van der Waals surface area (Å²) in [5.74, 6) is 0.281. The summed E-state index contributed by atoms with van der Waals surface area (Å²) < 4.78 is 30.4. The largest absolute Gasteiger partial charge is 0.337 e. The Morgan fingerprint density at radius 3 is 2.69 bits per heavy atom. The lowest BCUT2D eigenvalue weighted by Gasteiger charge is -2.16. The van der Waals surface area contributed by atoms with E-state index in [-0.39, 0.29) is 28.7 Å². The molecule has 1 aromatic heterocycles. The van der Waals surface area contributed by atoms with Crippen LogP contribution in [0.1, 0.15) is 21.8 Å². The minimum Gasteiger partial charge on any atom is -0.337 e. The maximum atomic E-state index is 12.8. The standard InChI is InChI=1S/C19H19ClN4O4S/c1-12-5-4-6-13(9-12)18-21-17(28-22-18)11-24(2)19(25)15-10-14(7-8-16(15)20)23-29(3,26)27/h4-10,23H,11H2,1-3H3. The predicted molar refractivity (Wildman–Crippen MR) is 110 cm³/mol. The number of hydrogen-bond donors (Lipinski definition) is 1. The van der Waals surface area contributed by atoms with Crippen molar-refractivity contribution in [1.29, 1.82) is 0 Å². The van der Waals surface area contributed by atoms with Crippen molar-refractivity contribution in [3.8, 4) is 11.4 Å². The number of hydrogen-bond acceptors (Lipinski definition) is 6. The van der Waals surface area contributed by atoms with Gasteiger partial charge in [-0.25, -0.2) is 8.42 Å². The summed E-state index contributed by atoms with van der Waals surface area (Å²) in [5, 5.41) is 4.16. The average molecular weight is 435 g/mol. The van der Waals surface area contributed by atoms with E-state index in [0.29, 0.717) is 5.82 Å². The summed E-state index contributed by atoms with van der Waals surface area (Å²) in [6.45, 7) is 2.03. The van der Waals surface area contributed by atoms with Crippen LogP contribution in [0.25, 0.3) is 11.4 Å². The zero-order valence-corrected chi connectivity index (χ0v) is 17.6.